The summed E-state index contributed by atoms with van der Waals surface area (Å²) in [6, 6.07) is 7.54. The minimum atomic E-state index is -0.547. The van der Waals surface area contributed by atoms with E-state index < -0.39 is 11.7 Å². The van der Waals surface area contributed by atoms with Crippen molar-refractivity contribution < 1.29 is 9.18 Å². The first kappa shape index (κ1) is 14.7. The first-order valence-corrected chi connectivity index (χ1v) is 6.32. The van der Waals surface area contributed by atoms with Crippen molar-refractivity contribution in [1.29, 1.82) is 0 Å². The Labute approximate surface area is 122 Å². The number of hydrogen-bond acceptors (Lipinski definition) is 3. The minimum absolute atomic E-state index is 0.156. The summed E-state index contributed by atoms with van der Waals surface area (Å²) in [6.45, 7) is 1.98. The Bertz CT molecular complexity index is 732. The normalized spacial score (nSPS) is 9.67. The number of carbonyl (C=O) groups excluding carboxylic acids is 1. The molecule has 2 rings (SSSR count). The van der Waals surface area contributed by atoms with Gasteiger partial charge in [0.25, 0.3) is 5.91 Å². The average molecular weight is 283 g/mol. The average Bonchev–Trinajstić information content (AvgIpc) is 2.46. The molecule has 1 amide bonds. The van der Waals surface area contributed by atoms with Crippen molar-refractivity contribution in [3.8, 4) is 11.8 Å². The number of aromatic nitrogens is 1. The van der Waals surface area contributed by atoms with Gasteiger partial charge in [0, 0.05) is 23.1 Å². The van der Waals surface area contributed by atoms with Gasteiger partial charge in [0.05, 0.1) is 12.1 Å². The summed E-state index contributed by atoms with van der Waals surface area (Å²) in [4.78, 5) is 16.1. The van der Waals surface area contributed by atoms with Crippen molar-refractivity contribution in [3.63, 3.8) is 0 Å². The van der Waals surface area contributed by atoms with E-state index in [4.69, 9.17) is 5.73 Å². The number of anilines is 1. The van der Waals surface area contributed by atoms with E-state index in [0.717, 1.165) is 11.8 Å². The molecule has 0 radical (unpaired) electrons. The fourth-order valence-corrected chi connectivity index (χ4v) is 1.73. The quantitative estimate of drug-likeness (QED) is 0.829. The van der Waals surface area contributed by atoms with Crippen LogP contribution in [0, 0.1) is 24.6 Å². The molecule has 0 spiro atoms. The summed E-state index contributed by atoms with van der Waals surface area (Å²) >= 11 is 0. The van der Waals surface area contributed by atoms with E-state index in [1.54, 1.807) is 18.3 Å². The Hall–Kier alpha value is -2.71. The summed E-state index contributed by atoms with van der Waals surface area (Å²) < 4.78 is 13.8. The lowest BCUT2D eigenvalue weighted by molar-refractivity contribution is 0.102. The first-order chi connectivity index (χ1) is 10.1. The predicted molar refractivity (Wildman–Crippen MR) is 79.3 cm³/mol. The summed E-state index contributed by atoms with van der Waals surface area (Å²) in [5, 5.41) is 2.69. The molecular formula is C16H14FN3O. The minimum Gasteiger partial charge on any atom is -0.322 e. The second-order valence-electron chi connectivity index (χ2n) is 4.34. The van der Waals surface area contributed by atoms with Gasteiger partial charge in [0.15, 0.2) is 0 Å². The molecule has 1 heterocycles. The smallest absolute Gasteiger partial charge is 0.255 e. The lowest BCUT2D eigenvalue weighted by atomic mass is 10.1. The topological polar surface area (TPSA) is 68.0 Å². The van der Waals surface area contributed by atoms with Crippen molar-refractivity contribution in [3.05, 3.63) is 59.2 Å². The molecule has 0 unspecified atom stereocenters. The first-order valence-electron chi connectivity index (χ1n) is 6.32. The highest BCUT2D eigenvalue weighted by atomic mass is 19.1. The molecule has 0 saturated heterocycles. The van der Waals surface area contributed by atoms with Crippen molar-refractivity contribution in [1.82, 2.24) is 4.98 Å². The Balaban J connectivity index is 2.18. The standard InChI is InChI=1S/C16H14FN3O/c1-11-9-14(6-8-19-11)20-16(21)13-5-4-12(3-2-7-18)15(17)10-13/h4-6,8-10H,7,18H2,1H3,(H,19,20,21). The van der Waals surface area contributed by atoms with Gasteiger partial charge < -0.3 is 11.1 Å². The van der Waals surface area contributed by atoms with Gasteiger partial charge in [-0.3, -0.25) is 9.78 Å². The van der Waals surface area contributed by atoms with Crippen molar-refractivity contribution in [2.75, 3.05) is 11.9 Å². The highest BCUT2D eigenvalue weighted by molar-refractivity contribution is 6.04. The number of carbonyl (C=O) groups is 1. The molecule has 0 aliphatic carbocycles. The summed E-state index contributed by atoms with van der Waals surface area (Å²) in [7, 11) is 0. The largest absolute Gasteiger partial charge is 0.322 e. The fourth-order valence-electron chi connectivity index (χ4n) is 1.73. The van der Waals surface area contributed by atoms with Gasteiger partial charge in [-0.1, -0.05) is 11.8 Å². The third-order valence-electron chi connectivity index (χ3n) is 2.71. The number of rotatable bonds is 2. The van der Waals surface area contributed by atoms with Crippen LogP contribution in [0.25, 0.3) is 0 Å². The summed E-state index contributed by atoms with van der Waals surface area (Å²) in [5.74, 6) is 4.24. The SMILES string of the molecule is Cc1cc(NC(=O)c2ccc(C#CCN)c(F)c2)ccn1. The van der Waals surface area contributed by atoms with Gasteiger partial charge in [0.1, 0.15) is 5.82 Å². The molecule has 1 aromatic carbocycles. The number of hydrogen-bond donors (Lipinski definition) is 2. The molecule has 106 valence electrons. The molecule has 0 atom stereocenters. The highest BCUT2D eigenvalue weighted by Gasteiger charge is 2.09. The zero-order chi connectivity index (χ0) is 15.2. The molecule has 21 heavy (non-hydrogen) atoms. The van der Waals surface area contributed by atoms with E-state index in [9.17, 15) is 9.18 Å². The van der Waals surface area contributed by atoms with Crippen LogP contribution in [0.2, 0.25) is 0 Å². The molecule has 0 fully saturated rings. The molecule has 0 aliphatic rings. The molecule has 0 aliphatic heterocycles. The van der Waals surface area contributed by atoms with Crippen molar-refractivity contribution in [2.45, 2.75) is 6.92 Å². The summed E-state index contributed by atoms with van der Waals surface area (Å²) in [6.07, 6.45) is 1.59. The molecule has 2 aromatic rings. The molecule has 0 saturated carbocycles. The van der Waals surface area contributed by atoms with Gasteiger partial charge in [0.2, 0.25) is 0 Å². The van der Waals surface area contributed by atoms with Crippen LogP contribution in [-0.2, 0) is 0 Å². The molecular weight excluding hydrogens is 269 g/mol. The number of halogens is 1. The number of nitrogens with two attached hydrogens (primary N) is 1. The van der Waals surface area contributed by atoms with Gasteiger partial charge >= 0.3 is 0 Å². The maximum atomic E-state index is 13.8. The number of aryl methyl sites for hydroxylation is 1. The van der Waals surface area contributed by atoms with Crippen LogP contribution in [0.4, 0.5) is 10.1 Å². The van der Waals surface area contributed by atoms with Crippen LogP contribution in [-0.4, -0.2) is 17.4 Å². The zero-order valence-electron chi connectivity index (χ0n) is 11.5. The third-order valence-corrected chi connectivity index (χ3v) is 2.71. The van der Waals surface area contributed by atoms with E-state index in [1.807, 2.05) is 6.92 Å². The third kappa shape index (κ3) is 3.88. The Morgan fingerprint density at radius 1 is 1.38 bits per heavy atom. The molecule has 5 heteroatoms. The van der Waals surface area contributed by atoms with Crippen molar-refractivity contribution in [2.24, 2.45) is 5.73 Å². The monoisotopic (exact) mass is 283 g/mol. The number of amides is 1. The Morgan fingerprint density at radius 2 is 2.19 bits per heavy atom. The van der Waals surface area contributed by atoms with E-state index in [1.165, 1.54) is 12.1 Å². The maximum Gasteiger partial charge on any atom is 0.255 e. The molecule has 0 bridgehead atoms. The van der Waals surface area contributed by atoms with Gasteiger partial charge in [-0.2, -0.15) is 0 Å². The Morgan fingerprint density at radius 3 is 2.86 bits per heavy atom. The highest BCUT2D eigenvalue weighted by Crippen LogP contribution is 2.13. The summed E-state index contributed by atoms with van der Waals surface area (Å²) in [5.41, 5.74) is 7.07. The Kier molecular flexibility index (Phi) is 4.64. The van der Waals surface area contributed by atoms with Crippen LogP contribution in [0.5, 0.6) is 0 Å². The van der Waals surface area contributed by atoms with Crippen LogP contribution in [0.1, 0.15) is 21.6 Å². The van der Waals surface area contributed by atoms with Crippen LogP contribution in [0.15, 0.2) is 36.5 Å². The van der Waals surface area contributed by atoms with Crippen molar-refractivity contribution >= 4 is 11.6 Å². The van der Waals surface area contributed by atoms with E-state index in [2.05, 4.69) is 22.1 Å². The van der Waals surface area contributed by atoms with Crippen LogP contribution >= 0.6 is 0 Å². The molecule has 4 nitrogen and oxygen atoms in total. The number of benzene rings is 1. The fraction of sp³-hybridized carbons (Fsp3) is 0.125. The molecule has 1 aromatic heterocycles. The molecule has 3 N–H and O–H groups in total. The van der Waals surface area contributed by atoms with Crippen LogP contribution < -0.4 is 11.1 Å². The van der Waals surface area contributed by atoms with E-state index in [0.29, 0.717) is 5.69 Å². The number of pyridine rings is 1. The number of nitrogens with zero attached hydrogens (tertiary/aromatic N) is 1. The van der Waals surface area contributed by atoms with Crippen LogP contribution in [0.3, 0.4) is 0 Å². The van der Waals surface area contributed by atoms with Gasteiger partial charge in [-0.25, -0.2) is 4.39 Å². The van der Waals surface area contributed by atoms with Gasteiger partial charge in [-0.05, 0) is 37.3 Å². The number of nitrogens with one attached hydrogen (secondary N) is 1. The van der Waals surface area contributed by atoms with E-state index >= 15 is 0 Å². The zero-order valence-corrected chi connectivity index (χ0v) is 11.5. The lowest BCUT2D eigenvalue weighted by Gasteiger charge is -2.06. The second kappa shape index (κ2) is 6.64. The lowest BCUT2D eigenvalue weighted by Crippen LogP contribution is -2.12. The second-order valence-corrected chi connectivity index (χ2v) is 4.34. The van der Waals surface area contributed by atoms with Gasteiger partial charge in [-0.15, -0.1) is 0 Å². The predicted octanol–water partition coefficient (Wildman–Crippen LogP) is 2.09. The van der Waals surface area contributed by atoms with E-state index in [-0.39, 0.29) is 17.7 Å². The maximum absolute atomic E-state index is 13.8.